The molecule has 0 bridgehead atoms. The summed E-state index contributed by atoms with van der Waals surface area (Å²) < 4.78 is 75.1. The van der Waals surface area contributed by atoms with Gasteiger partial charge in [0.2, 0.25) is 15.8 Å². The van der Waals surface area contributed by atoms with Crippen LogP contribution in [0.3, 0.4) is 0 Å². The number of benzene rings is 2. The highest BCUT2D eigenvalue weighted by molar-refractivity contribution is 7.89. The van der Waals surface area contributed by atoms with Crippen molar-refractivity contribution >= 4 is 15.7 Å². The maximum atomic E-state index is 12.8. The minimum atomic E-state index is -4.74. The van der Waals surface area contributed by atoms with E-state index in [2.05, 4.69) is 0 Å². The predicted molar refractivity (Wildman–Crippen MR) is 94.2 cm³/mol. The Morgan fingerprint density at radius 2 is 1.69 bits per heavy atom. The molecule has 1 aliphatic heterocycles. The molecule has 0 atom stereocenters. The third-order valence-electron chi connectivity index (χ3n) is 4.14. The summed E-state index contributed by atoms with van der Waals surface area (Å²) in [6.45, 7) is 1.02. The van der Waals surface area contributed by atoms with Crippen molar-refractivity contribution in [1.29, 1.82) is 0 Å². The zero-order chi connectivity index (χ0) is 21.2. The fourth-order valence-electron chi connectivity index (χ4n) is 2.67. The third kappa shape index (κ3) is 4.66. The van der Waals surface area contributed by atoms with Crippen molar-refractivity contribution in [2.24, 2.45) is 0 Å². The van der Waals surface area contributed by atoms with Crippen LogP contribution in [0, 0.1) is 10.1 Å². The van der Waals surface area contributed by atoms with E-state index in [0.29, 0.717) is 12.1 Å². The summed E-state index contributed by atoms with van der Waals surface area (Å²) in [5.41, 5.74) is -2.03. The lowest BCUT2D eigenvalue weighted by Gasteiger charge is -2.26. The van der Waals surface area contributed by atoms with E-state index in [1.165, 1.54) is 28.6 Å². The van der Waals surface area contributed by atoms with Gasteiger partial charge in [0.1, 0.15) is 5.75 Å². The highest BCUT2D eigenvalue weighted by Gasteiger charge is 2.33. The molecule has 1 saturated heterocycles. The van der Waals surface area contributed by atoms with E-state index in [9.17, 15) is 31.7 Å². The van der Waals surface area contributed by atoms with Gasteiger partial charge in [-0.05, 0) is 36.4 Å². The highest BCUT2D eigenvalue weighted by Crippen LogP contribution is 2.38. The Morgan fingerprint density at radius 3 is 2.24 bits per heavy atom. The zero-order valence-corrected chi connectivity index (χ0v) is 15.6. The van der Waals surface area contributed by atoms with Crippen LogP contribution in [0.2, 0.25) is 0 Å². The van der Waals surface area contributed by atoms with E-state index in [-0.39, 0.29) is 36.9 Å². The first-order chi connectivity index (χ1) is 13.6. The molecule has 29 heavy (non-hydrogen) atoms. The van der Waals surface area contributed by atoms with E-state index in [4.69, 9.17) is 9.47 Å². The predicted octanol–water partition coefficient (Wildman–Crippen LogP) is 3.43. The van der Waals surface area contributed by atoms with Crippen LogP contribution in [-0.2, 0) is 20.9 Å². The Kier molecular flexibility index (Phi) is 5.78. The first-order valence-electron chi connectivity index (χ1n) is 8.30. The standard InChI is InChI=1S/C17H15F3N2O6S/c18-17(19,20)12-1-6-16(15(11-12)22(23)24)28-13-2-4-14(5-3-13)29(25,26)21-7-9-27-10-8-21/h1-6,11H,7-10H2. The molecule has 0 amide bonds. The number of halogens is 3. The molecule has 0 aromatic heterocycles. The number of ether oxygens (including phenoxy) is 2. The van der Waals surface area contributed by atoms with Crippen molar-refractivity contribution in [2.45, 2.75) is 11.1 Å². The molecule has 0 saturated carbocycles. The second-order valence-electron chi connectivity index (χ2n) is 6.03. The molecule has 2 aromatic carbocycles. The molecule has 1 fully saturated rings. The number of nitro groups is 1. The fourth-order valence-corrected chi connectivity index (χ4v) is 4.07. The molecule has 8 nitrogen and oxygen atoms in total. The first-order valence-corrected chi connectivity index (χ1v) is 9.74. The molecule has 1 aliphatic rings. The maximum Gasteiger partial charge on any atom is 0.416 e. The molecule has 0 unspecified atom stereocenters. The Bertz CT molecular complexity index is 1000. The van der Waals surface area contributed by atoms with Crippen LogP contribution in [0.25, 0.3) is 0 Å². The second-order valence-corrected chi connectivity index (χ2v) is 7.97. The summed E-state index contributed by atoms with van der Waals surface area (Å²) in [4.78, 5) is 10.1. The topological polar surface area (TPSA) is 99.0 Å². The van der Waals surface area contributed by atoms with Crippen molar-refractivity contribution in [3.63, 3.8) is 0 Å². The van der Waals surface area contributed by atoms with Gasteiger partial charge < -0.3 is 9.47 Å². The number of nitro benzene ring substituents is 1. The van der Waals surface area contributed by atoms with Crippen molar-refractivity contribution in [3.8, 4) is 11.5 Å². The fraction of sp³-hybridized carbons (Fsp3) is 0.294. The van der Waals surface area contributed by atoms with Crippen LogP contribution in [0.1, 0.15) is 5.56 Å². The monoisotopic (exact) mass is 432 g/mol. The first kappa shape index (κ1) is 21.0. The quantitative estimate of drug-likeness (QED) is 0.530. The number of hydrogen-bond donors (Lipinski definition) is 0. The third-order valence-corrected chi connectivity index (χ3v) is 6.06. The lowest BCUT2D eigenvalue weighted by Crippen LogP contribution is -2.40. The van der Waals surface area contributed by atoms with Crippen molar-refractivity contribution < 1.29 is 36.0 Å². The molecule has 1 heterocycles. The summed E-state index contributed by atoms with van der Waals surface area (Å²) >= 11 is 0. The largest absolute Gasteiger partial charge is 0.450 e. The van der Waals surface area contributed by atoms with Gasteiger partial charge in [0.05, 0.1) is 28.6 Å². The van der Waals surface area contributed by atoms with Crippen LogP contribution in [0.4, 0.5) is 18.9 Å². The van der Waals surface area contributed by atoms with Crippen LogP contribution in [-0.4, -0.2) is 43.9 Å². The molecule has 156 valence electrons. The molecule has 2 aromatic rings. The number of rotatable bonds is 5. The number of hydrogen-bond acceptors (Lipinski definition) is 6. The Hall–Kier alpha value is -2.70. The van der Waals surface area contributed by atoms with Gasteiger partial charge >= 0.3 is 11.9 Å². The number of sulfonamides is 1. The Labute approximate surface area is 163 Å². The van der Waals surface area contributed by atoms with Gasteiger partial charge in [-0.2, -0.15) is 17.5 Å². The average Bonchev–Trinajstić information content (AvgIpc) is 2.68. The summed E-state index contributed by atoms with van der Waals surface area (Å²) in [5.74, 6) is -0.361. The summed E-state index contributed by atoms with van der Waals surface area (Å²) in [7, 11) is -3.73. The number of nitrogens with zero attached hydrogens (tertiary/aromatic N) is 2. The maximum absolute atomic E-state index is 12.8. The van der Waals surface area contributed by atoms with Crippen molar-refractivity contribution in [1.82, 2.24) is 4.31 Å². The lowest BCUT2D eigenvalue weighted by molar-refractivity contribution is -0.385. The summed E-state index contributed by atoms with van der Waals surface area (Å²) in [6.07, 6.45) is -4.74. The SMILES string of the molecule is O=[N+]([O-])c1cc(C(F)(F)F)ccc1Oc1ccc(S(=O)(=O)N2CCOCC2)cc1. The Balaban J connectivity index is 1.84. The zero-order valence-electron chi connectivity index (χ0n) is 14.8. The van der Waals surface area contributed by atoms with Crippen LogP contribution in [0.15, 0.2) is 47.4 Å². The molecule has 3 rings (SSSR count). The van der Waals surface area contributed by atoms with Crippen LogP contribution in [0.5, 0.6) is 11.5 Å². The minimum absolute atomic E-state index is 0.00586. The number of alkyl halides is 3. The molecule has 0 spiro atoms. The van der Waals surface area contributed by atoms with Gasteiger partial charge in [0.25, 0.3) is 0 Å². The van der Waals surface area contributed by atoms with Gasteiger partial charge in [0.15, 0.2) is 0 Å². The van der Waals surface area contributed by atoms with Gasteiger partial charge in [-0.1, -0.05) is 0 Å². The molecule has 0 aliphatic carbocycles. The minimum Gasteiger partial charge on any atom is -0.450 e. The highest BCUT2D eigenvalue weighted by atomic mass is 32.2. The van der Waals surface area contributed by atoms with Gasteiger partial charge in [-0.15, -0.1) is 0 Å². The molecular weight excluding hydrogens is 417 g/mol. The van der Waals surface area contributed by atoms with E-state index >= 15 is 0 Å². The second kappa shape index (κ2) is 7.97. The lowest BCUT2D eigenvalue weighted by atomic mass is 10.2. The van der Waals surface area contributed by atoms with E-state index in [0.717, 1.165) is 6.07 Å². The molecular formula is C17H15F3N2O6S. The smallest absolute Gasteiger partial charge is 0.416 e. The van der Waals surface area contributed by atoms with Gasteiger partial charge in [-0.25, -0.2) is 8.42 Å². The summed E-state index contributed by atoms with van der Waals surface area (Å²) in [6, 6.07) is 6.96. The van der Waals surface area contributed by atoms with E-state index in [1.54, 1.807) is 0 Å². The van der Waals surface area contributed by atoms with E-state index in [1.807, 2.05) is 0 Å². The van der Waals surface area contributed by atoms with Gasteiger partial charge in [-0.3, -0.25) is 10.1 Å². The van der Waals surface area contributed by atoms with Crippen LogP contribution >= 0.6 is 0 Å². The normalized spacial score (nSPS) is 15.8. The number of morpholine rings is 1. The molecule has 0 radical (unpaired) electrons. The summed E-state index contributed by atoms with van der Waals surface area (Å²) in [5, 5.41) is 11.1. The average molecular weight is 432 g/mol. The molecule has 0 N–H and O–H groups in total. The van der Waals surface area contributed by atoms with Crippen molar-refractivity contribution in [3.05, 3.63) is 58.1 Å². The van der Waals surface area contributed by atoms with Gasteiger partial charge in [0, 0.05) is 19.2 Å². The van der Waals surface area contributed by atoms with Crippen molar-refractivity contribution in [2.75, 3.05) is 26.3 Å². The molecule has 12 heteroatoms. The van der Waals surface area contributed by atoms with Crippen LogP contribution < -0.4 is 4.74 Å². The van der Waals surface area contributed by atoms with E-state index < -0.39 is 38.1 Å². The Morgan fingerprint density at radius 1 is 1.07 bits per heavy atom.